The topological polar surface area (TPSA) is 98.2 Å². The number of benzene rings is 1. The molecule has 100 valence electrons. The molecule has 0 aliphatic carbocycles. The standard InChI is InChI=1S/C13H15N3O2S/c1-6-3-4-9-8(5-6)10(14)11(19-9)13(18)16-7(2)12(15)17/h3-5,7H,14H2,1-2H3,(H2,15,17)(H,16,18). The molecule has 2 aromatic rings. The van der Waals surface area contributed by atoms with Gasteiger partial charge in [-0.05, 0) is 26.0 Å². The molecule has 5 N–H and O–H groups in total. The van der Waals surface area contributed by atoms with E-state index in [1.54, 1.807) is 0 Å². The van der Waals surface area contributed by atoms with Gasteiger partial charge in [0.25, 0.3) is 5.91 Å². The van der Waals surface area contributed by atoms with Crippen LogP contribution in [0.2, 0.25) is 0 Å². The summed E-state index contributed by atoms with van der Waals surface area (Å²) < 4.78 is 0.944. The Hall–Kier alpha value is -2.08. The number of hydrogen-bond acceptors (Lipinski definition) is 4. The molecule has 0 bridgehead atoms. The van der Waals surface area contributed by atoms with E-state index in [-0.39, 0.29) is 5.91 Å². The van der Waals surface area contributed by atoms with Crippen LogP contribution < -0.4 is 16.8 Å². The van der Waals surface area contributed by atoms with Gasteiger partial charge in [-0.1, -0.05) is 11.6 Å². The van der Waals surface area contributed by atoms with Crippen LogP contribution in [0.1, 0.15) is 22.2 Å². The lowest BCUT2D eigenvalue weighted by Crippen LogP contribution is -2.42. The van der Waals surface area contributed by atoms with Gasteiger partial charge in [-0.2, -0.15) is 0 Å². The number of fused-ring (bicyclic) bond motifs is 1. The molecule has 2 amide bonds. The van der Waals surface area contributed by atoms with E-state index >= 15 is 0 Å². The molecule has 0 aliphatic heterocycles. The van der Waals surface area contributed by atoms with Crippen LogP contribution in [0.15, 0.2) is 18.2 Å². The van der Waals surface area contributed by atoms with Crippen LogP contribution in [0.5, 0.6) is 0 Å². The van der Waals surface area contributed by atoms with Gasteiger partial charge >= 0.3 is 0 Å². The molecule has 1 aromatic carbocycles. The number of nitrogens with one attached hydrogen (secondary N) is 1. The summed E-state index contributed by atoms with van der Waals surface area (Å²) in [7, 11) is 0. The van der Waals surface area contributed by atoms with Crippen LogP contribution in [0.3, 0.4) is 0 Å². The fourth-order valence-corrected chi connectivity index (χ4v) is 2.74. The molecule has 0 radical (unpaired) electrons. The number of rotatable bonds is 3. The first-order valence-electron chi connectivity index (χ1n) is 5.79. The molecule has 1 heterocycles. The van der Waals surface area contributed by atoms with Crippen molar-refractivity contribution in [2.75, 3.05) is 5.73 Å². The third kappa shape index (κ3) is 2.53. The van der Waals surface area contributed by atoms with Gasteiger partial charge in [0.2, 0.25) is 5.91 Å². The highest BCUT2D eigenvalue weighted by atomic mass is 32.1. The quantitative estimate of drug-likeness (QED) is 0.790. The highest BCUT2D eigenvalue weighted by Crippen LogP contribution is 2.34. The lowest BCUT2D eigenvalue weighted by atomic mass is 10.1. The Bertz CT molecular complexity index is 663. The van der Waals surface area contributed by atoms with Gasteiger partial charge < -0.3 is 16.8 Å². The van der Waals surface area contributed by atoms with E-state index < -0.39 is 11.9 Å². The number of anilines is 1. The number of thiophene rings is 1. The molecule has 5 nitrogen and oxygen atoms in total. The fourth-order valence-electron chi connectivity index (χ4n) is 1.73. The zero-order valence-electron chi connectivity index (χ0n) is 10.7. The first kappa shape index (κ1) is 13.4. The van der Waals surface area contributed by atoms with Crippen LogP contribution in [-0.4, -0.2) is 17.9 Å². The normalized spacial score (nSPS) is 12.3. The second kappa shape index (κ2) is 4.89. The average molecular weight is 277 g/mol. The van der Waals surface area contributed by atoms with E-state index in [0.717, 1.165) is 15.6 Å². The minimum absolute atomic E-state index is 0.373. The Balaban J connectivity index is 2.37. The number of primary amides is 1. The SMILES string of the molecule is Cc1ccc2sc(C(=O)NC(C)C(N)=O)c(N)c2c1. The summed E-state index contributed by atoms with van der Waals surface area (Å²) >= 11 is 1.31. The first-order chi connectivity index (χ1) is 8.90. The third-order valence-electron chi connectivity index (χ3n) is 2.86. The van der Waals surface area contributed by atoms with Gasteiger partial charge in [0, 0.05) is 10.1 Å². The van der Waals surface area contributed by atoms with Crippen molar-refractivity contribution < 1.29 is 9.59 Å². The molecule has 19 heavy (non-hydrogen) atoms. The second-order valence-corrected chi connectivity index (χ2v) is 5.49. The lowest BCUT2D eigenvalue weighted by molar-refractivity contribution is -0.119. The molecule has 0 saturated heterocycles. The van der Waals surface area contributed by atoms with Gasteiger partial charge in [0.05, 0.1) is 5.69 Å². The predicted octanol–water partition coefficient (Wildman–Crippen LogP) is 1.40. The molecule has 0 saturated carbocycles. The van der Waals surface area contributed by atoms with Crippen LogP contribution in [0.4, 0.5) is 5.69 Å². The van der Waals surface area contributed by atoms with E-state index in [0.29, 0.717) is 10.6 Å². The van der Waals surface area contributed by atoms with Crippen LogP contribution >= 0.6 is 11.3 Å². The minimum Gasteiger partial charge on any atom is -0.397 e. The van der Waals surface area contributed by atoms with Gasteiger partial charge in [0.15, 0.2) is 0 Å². The molecule has 1 atom stereocenters. The lowest BCUT2D eigenvalue weighted by Gasteiger charge is -2.09. The second-order valence-electron chi connectivity index (χ2n) is 4.44. The highest BCUT2D eigenvalue weighted by Gasteiger charge is 2.19. The zero-order chi connectivity index (χ0) is 14.2. The van der Waals surface area contributed by atoms with E-state index in [9.17, 15) is 9.59 Å². The molecule has 0 fully saturated rings. The average Bonchev–Trinajstić information content (AvgIpc) is 2.66. The van der Waals surface area contributed by atoms with E-state index in [2.05, 4.69) is 5.32 Å². The summed E-state index contributed by atoms with van der Waals surface area (Å²) in [5.74, 6) is -0.952. The molecule has 2 rings (SSSR count). The van der Waals surface area contributed by atoms with Gasteiger partial charge in [-0.3, -0.25) is 9.59 Å². The fraction of sp³-hybridized carbons (Fsp3) is 0.231. The Morgan fingerprint density at radius 3 is 2.68 bits per heavy atom. The number of nitrogens with two attached hydrogens (primary N) is 2. The zero-order valence-corrected chi connectivity index (χ0v) is 11.5. The van der Waals surface area contributed by atoms with Crippen molar-refractivity contribution in [3.63, 3.8) is 0 Å². The van der Waals surface area contributed by atoms with Gasteiger partial charge in [-0.25, -0.2) is 0 Å². The molecule has 0 spiro atoms. The number of carbonyl (C=O) groups is 2. The Morgan fingerprint density at radius 2 is 2.05 bits per heavy atom. The Labute approximate surface area is 114 Å². The van der Waals surface area contributed by atoms with Crippen molar-refractivity contribution >= 4 is 38.9 Å². The number of nitrogen functional groups attached to an aromatic ring is 1. The monoisotopic (exact) mass is 277 g/mol. The van der Waals surface area contributed by atoms with Crippen molar-refractivity contribution in [3.8, 4) is 0 Å². The van der Waals surface area contributed by atoms with E-state index in [1.165, 1.54) is 18.3 Å². The van der Waals surface area contributed by atoms with Crippen molar-refractivity contribution in [1.29, 1.82) is 0 Å². The summed E-state index contributed by atoms with van der Waals surface area (Å²) in [5, 5.41) is 3.39. The molecular formula is C13H15N3O2S. The Morgan fingerprint density at radius 1 is 1.37 bits per heavy atom. The summed E-state index contributed by atoms with van der Waals surface area (Å²) in [6.07, 6.45) is 0. The minimum atomic E-state index is -0.723. The first-order valence-corrected chi connectivity index (χ1v) is 6.60. The van der Waals surface area contributed by atoms with Crippen LogP contribution in [-0.2, 0) is 4.79 Å². The molecule has 0 aliphatic rings. The number of amides is 2. The maximum Gasteiger partial charge on any atom is 0.264 e. The summed E-state index contributed by atoms with van der Waals surface area (Å²) in [6.45, 7) is 3.50. The maximum atomic E-state index is 12.0. The molecule has 1 unspecified atom stereocenters. The molecular weight excluding hydrogens is 262 g/mol. The smallest absolute Gasteiger partial charge is 0.264 e. The maximum absolute atomic E-state index is 12.0. The summed E-state index contributed by atoms with van der Waals surface area (Å²) in [6, 6.07) is 5.11. The van der Waals surface area contributed by atoms with Crippen molar-refractivity contribution in [2.24, 2.45) is 5.73 Å². The number of aryl methyl sites for hydroxylation is 1. The molecule has 1 aromatic heterocycles. The van der Waals surface area contributed by atoms with E-state index in [1.807, 2.05) is 25.1 Å². The van der Waals surface area contributed by atoms with Crippen molar-refractivity contribution in [3.05, 3.63) is 28.6 Å². The number of hydrogen-bond donors (Lipinski definition) is 3. The van der Waals surface area contributed by atoms with Crippen molar-refractivity contribution in [1.82, 2.24) is 5.32 Å². The van der Waals surface area contributed by atoms with Crippen LogP contribution in [0, 0.1) is 6.92 Å². The summed E-state index contributed by atoms with van der Waals surface area (Å²) in [5.41, 5.74) is 12.6. The summed E-state index contributed by atoms with van der Waals surface area (Å²) in [4.78, 5) is 23.4. The van der Waals surface area contributed by atoms with Gasteiger partial charge in [0.1, 0.15) is 10.9 Å². The third-order valence-corrected chi connectivity index (χ3v) is 4.05. The number of carbonyl (C=O) groups excluding carboxylic acids is 2. The van der Waals surface area contributed by atoms with Gasteiger partial charge in [-0.15, -0.1) is 11.3 Å². The van der Waals surface area contributed by atoms with Crippen LogP contribution in [0.25, 0.3) is 10.1 Å². The Kier molecular flexibility index (Phi) is 3.44. The molecule has 6 heteroatoms. The largest absolute Gasteiger partial charge is 0.397 e. The van der Waals surface area contributed by atoms with Crippen molar-refractivity contribution in [2.45, 2.75) is 19.9 Å². The highest BCUT2D eigenvalue weighted by molar-refractivity contribution is 7.21. The van der Waals surface area contributed by atoms with E-state index in [4.69, 9.17) is 11.5 Å². The predicted molar refractivity (Wildman–Crippen MR) is 77.1 cm³/mol.